The van der Waals surface area contributed by atoms with E-state index >= 15 is 0 Å². The molecule has 0 bridgehead atoms. The number of Topliss-reactive ketones (excluding diaryl/α,β-unsaturated/α-hetero) is 1. The molecule has 8 N–H and O–H groups in total. The molecule has 0 spiro atoms. The second kappa shape index (κ2) is 23.9. The third-order valence-electron chi connectivity index (χ3n) is 12.6. The standard InChI is InChI=1S/C52H74O13/c1-30(17-13-19-32(3)21-23-37-34(5)25-36(26-51(37,7)8)62-49-47(60)45(58)43(56)40(28-53)64-49)15-11-12-16-31(2)18-14-20-33(4)22-24-38-35(6)42(55)39(27-52(38,9)10)63-50-48(61)46(59)44(57)41(29-54)65-50/h11-24,36,39-41,43-50,53-54,56-61H,25-29H2,1-10H3. The fourth-order valence-electron chi connectivity index (χ4n) is 8.73. The number of rotatable bonds is 16. The lowest BCUT2D eigenvalue weighted by atomic mass is 9.71. The number of hydrogen-bond acceptors (Lipinski definition) is 13. The fourth-order valence-corrected chi connectivity index (χ4v) is 8.73. The van der Waals surface area contributed by atoms with Crippen molar-refractivity contribution in [2.45, 2.75) is 162 Å². The van der Waals surface area contributed by atoms with E-state index in [1.807, 2.05) is 108 Å². The zero-order valence-corrected chi connectivity index (χ0v) is 39.7. The highest BCUT2D eigenvalue weighted by Gasteiger charge is 2.48. The van der Waals surface area contributed by atoms with Crippen LogP contribution in [0.1, 0.15) is 88.5 Å². The van der Waals surface area contributed by atoms with E-state index in [2.05, 4.69) is 39.0 Å². The van der Waals surface area contributed by atoms with Gasteiger partial charge in [0, 0.05) is 0 Å². The molecule has 0 saturated carbocycles. The zero-order valence-electron chi connectivity index (χ0n) is 39.7. The van der Waals surface area contributed by atoms with E-state index in [0.717, 1.165) is 33.4 Å². The van der Waals surface area contributed by atoms with Gasteiger partial charge in [0.1, 0.15) is 54.9 Å². The van der Waals surface area contributed by atoms with Gasteiger partial charge in [-0.2, -0.15) is 0 Å². The number of ether oxygens (including phenoxy) is 4. The molecule has 360 valence electrons. The van der Waals surface area contributed by atoms with E-state index in [9.17, 15) is 45.6 Å². The summed E-state index contributed by atoms with van der Waals surface area (Å²) in [6, 6.07) is 0. The number of allylic oxidation sites excluding steroid dienone is 20. The largest absolute Gasteiger partial charge is 0.394 e. The smallest absolute Gasteiger partial charge is 0.187 e. The maximum Gasteiger partial charge on any atom is 0.187 e. The summed E-state index contributed by atoms with van der Waals surface area (Å²) in [7, 11) is 0. The Morgan fingerprint density at radius 1 is 0.585 bits per heavy atom. The highest BCUT2D eigenvalue weighted by molar-refractivity contribution is 6.00. The second-order valence-electron chi connectivity index (χ2n) is 19.2. The molecule has 0 radical (unpaired) electrons. The molecule has 0 amide bonds. The normalized spacial score (nSPS) is 34.8. The molecule has 2 heterocycles. The van der Waals surface area contributed by atoms with E-state index in [1.54, 1.807) is 6.92 Å². The molecular formula is C52H74O13. The molecule has 2 fully saturated rings. The lowest BCUT2D eigenvalue weighted by molar-refractivity contribution is -0.313. The Balaban J connectivity index is 1.27. The fraction of sp³-hybridized carbons (Fsp3) is 0.558. The van der Waals surface area contributed by atoms with Gasteiger partial charge in [0.05, 0.1) is 19.3 Å². The molecule has 65 heavy (non-hydrogen) atoms. The molecule has 12 unspecified atom stereocenters. The minimum Gasteiger partial charge on any atom is -0.394 e. The first-order valence-corrected chi connectivity index (χ1v) is 22.5. The van der Waals surface area contributed by atoms with Gasteiger partial charge in [-0.25, -0.2) is 0 Å². The molecule has 0 aromatic carbocycles. The van der Waals surface area contributed by atoms with Crippen LogP contribution >= 0.6 is 0 Å². The molecule has 4 aliphatic rings. The molecule has 2 saturated heterocycles. The van der Waals surface area contributed by atoms with Gasteiger partial charge in [0.2, 0.25) is 0 Å². The molecule has 2 aliphatic carbocycles. The molecule has 0 aromatic rings. The second-order valence-corrected chi connectivity index (χ2v) is 19.2. The average molecular weight is 907 g/mol. The van der Waals surface area contributed by atoms with Crippen molar-refractivity contribution in [1.82, 2.24) is 0 Å². The Morgan fingerprint density at radius 2 is 1.00 bits per heavy atom. The van der Waals surface area contributed by atoms with Crippen molar-refractivity contribution in [3.63, 3.8) is 0 Å². The van der Waals surface area contributed by atoms with Gasteiger partial charge < -0.3 is 59.8 Å². The number of carbonyl (C=O) groups is 1. The highest BCUT2D eigenvalue weighted by atomic mass is 16.7. The summed E-state index contributed by atoms with van der Waals surface area (Å²) in [4.78, 5) is 13.4. The zero-order chi connectivity index (χ0) is 48.4. The lowest BCUT2D eigenvalue weighted by Crippen LogP contribution is -2.60. The summed E-state index contributed by atoms with van der Waals surface area (Å²) in [5.41, 5.74) is 7.27. The van der Waals surface area contributed by atoms with Crippen LogP contribution in [0.5, 0.6) is 0 Å². The minimum atomic E-state index is -1.59. The predicted molar refractivity (Wildman–Crippen MR) is 250 cm³/mol. The number of carbonyl (C=O) groups excluding carboxylic acids is 1. The van der Waals surface area contributed by atoms with Crippen molar-refractivity contribution in [3.8, 4) is 0 Å². The number of aliphatic hydroxyl groups excluding tert-OH is 8. The van der Waals surface area contributed by atoms with E-state index < -0.39 is 86.1 Å². The Kier molecular flexibility index (Phi) is 19.8. The molecule has 13 heteroatoms. The highest BCUT2D eigenvalue weighted by Crippen LogP contribution is 2.44. The van der Waals surface area contributed by atoms with Gasteiger partial charge in [-0.1, -0.05) is 141 Å². The van der Waals surface area contributed by atoms with Crippen LogP contribution in [0.4, 0.5) is 0 Å². The number of ketones is 1. The topological polar surface area (TPSA) is 216 Å². The summed E-state index contributed by atoms with van der Waals surface area (Å²) in [5.74, 6) is -0.258. The van der Waals surface area contributed by atoms with Gasteiger partial charge in [-0.15, -0.1) is 0 Å². The van der Waals surface area contributed by atoms with E-state index in [1.165, 1.54) is 5.57 Å². The summed E-state index contributed by atoms with van der Waals surface area (Å²) >= 11 is 0. The van der Waals surface area contributed by atoms with Crippen LogP contribution in [0, 0.1) is 10.8 Å². The van der Waals surface area contributed by atoms with Crippen molar-refractivity contribution in [2.24, 2.45) is 10.8 Å². The average Bonchev–Trinajstić information content (AvgIpc) is 3.23. The van der Waals surface area contributed by atoms with Crippen LogP contribution in [0.2, 0.25) is 0 Å². The molecule has 13 nitrogen and oxygen atoms in total. The van der Waals surface area contributed by atoms with E-state index in [4.69, 9.17) is 18.9 Å². The lowest BCUT2D eigenvalue weighted by Gasteiger charge is -2.43. The Labute approximate surface area is 385 Å². The minimum absolute atomic E-state index is 0.236. The number of aliphatic hydroxyl groups is 8. The van der Waals surface area contributed by atoms with Crippen LogP contribution in [0.15, 0.2) is 130 Å². The molecular weight excluding hydrogens is 833 g/mol. The summed E-state index contributed by atoms with van der Waals surface area (Å²) in [6.45, 7) is 19.1. The third-order valence-corrected chi connectivity index (χ3v) is 12.6. The Hall–Kier alpha value is -3.67. The summed E-state index contributed by atoms with van der Waals surface area (Å²) in [5, 5.41) is 80.5. The van der Waals surface area contributed by atoms with Crippen molar-refractivity contribution in [3.05, 3.63) is 130 Å². The van der Waals surface area contributed by atoms with E-state index in [0.29, 0.717) is 24.8 Å². The Morgan fingerprint density at radius 3 is 1.46 bits per heavy atom. The van der Waals surface area contributed by atoms with Crippen LogP contribution in [-0.2, 0) is 23.7 Å². The first kappa shape index (κ1) is 53.9. The van der Waals surface area contributed by atoms with Crippen LogP contribution in [0.3, 0.4) is 0 Å². The monoisotopic (exact) mass is 907 g/mol. The number of hydrogen-bond donors (Lipinski definition) is 8. The SMILES string of the molecule is CC(C=CC=C(C)C=CC1=C(C)CC(OC2OC(CO)C(O)C(O)C2O)CC1(C)C)=CC=CC=C(C)C=CC=C(C)C=CC1=C(C)C(=O)C(OC2OC(CO)C(O)C(O)C2O)CC1(C)C. The van der Waals surface area contributed by atoms with Crippen LogP contribution < -0.4 is 0 Å². The summed E-state index contributed by atoms with van der Waals surface area (Å²) < 4.78 is 23.0. The van der Waals surface area contributed by atoms with Crippen molar-refractivity contribution in [1.29, 1.82) is 0 Å². The van der Waals surface area contributed by atoms with Crippen molar-refractivity contribution >= 4 is 5.78 Å². The molecule has 4 rings (SSSR count). The van der Waals surface area contributed by atoms with Gasteiger partial charge >= 0.3 is 0 Å². The molecule has 12 atom stereocenters. The van der Waals surface area contributed by atoms with Gasteiger partial charge in [-0.05, 0) is 88.4 Å². The van der Waals surface area contributed by atoms with Gasteiger partial charge in [0.25, 0.3) is 0 Å². The first-order chi connectivity index (χ1) is 30.5. The van der Waals surface area contributed by atoms with Crippen molar-refractivity contribution in [2.75, 3.05) is 13.2 Å². The molecule has 0 aromatic heterocycles. The van der Waals surface area contributed by atoms with Gasteiger partial charge in [0.15, 0.2) is 18.4 Å². The van der Waals surface area contributed by atoms with Crippen LogP contribution in [0.25, 0.3) is 0 Å². The third kappa shape index (κ3) is 14.4. The predicted octanol–water partition coefficient (Wildman–Crippen LogP) is 5.37. The summed E-state index contributed by atoms with van der Waals surface area (Å²) in [6.07, 6.45) is 15.0. The van der Waals surface area contributed by atoms with E-state index in [-0.39, 0.29) is 17.3 Å². The van der Waals surface area contributed by atoms with Crippen molar-refractivity contribution < 1.29 is 64.6 Å². The first-order valence-electron chi connectivity index (χ1n) is 22.5. The quantitative estimate of drug-likeness (QED) is 0.0916. The van der Waals surface area contributed by atoms with Crippen LogP contribution in [-0.4, -0.2) is 133 Å². The Bertz CT molecular complexity index is 2000. The maximum absolute atomic E-state index is 13.4. The molecule has 2 aliphatic heterocycles. The van der Waals surface area contributed by atoms with Gasteiger partial charge in [-0.3, -0.25) is 4.79 Å². The maximum atomic E-state index is 13.4.